The summed E-state index contributed by atoms with van der Waals surface area (Å²) in [5, 5.41) is 10.9. The molecule has 0 unspecified atom stereocenters. The Balaban J connectivity index is 1.47. The van der Waals surface area contributed by atoms with Crippen molar-refractivity contribution in [2.45, 2.75) is 12.3 Å². The number of carbonyl (C=O) groups excluding carboxylic acids is 2. The zero-order chi connectivity index (χ0) is 24.3. The number of rotatable bonds is 3. The predicted molar refractivity (Wildman–Crippen MR) is 129 cm³/mol. The summed E-state index contributed by atoms with van der Waals surface area (Å²) in [6.07, 6.45) is 3.74. The lowest BCUT2D eigenvalue weighted by atomic mass is 9.84. The van der Waals surface area contributed by atoms with Crippen LogP contribution in [0.5, 0.6) is 23.0 Å². The molecule has 0 bridgehead atoms. The third-order valence-electron chi connectivity index (χ3n) is 6.57. The van der Waals surface area contributed by atoms with Gasteiger partial charge in [-0.05, 0) is 54.1 Å². The van der Waals surface area contributed by atoms with Crippen molar-refractivity contribution in [3.05, 3.63) is 88.8 Å². The molecule has 3 heterocycles. The van der Waals surface area contributed by atoms with Crippen LogP contribution < -0.4 is 14.2 Å². The van der Waals surface area contributed by atoms with Crippen LogP contribution in [0.1, 0.15) is 39.4 Å². The standard InChI is InChI=1S/C28H21NO6/c1-29-14-16(20-12-18(33-2)6-8-22(20)29)11-24-27(32)19-7-9-23-26(28(19)35-24)21(13-25(31)34-23)15-4-3-5-17(30)10-15/h3-12,14,21,30H,13H2,1-2H3/b24-11-/t21-/m1/s1. The number of aromatic hydroxyl groups is 1. The number of benzene rings is 3. The van der Waals surface area contributed by atoms with Gasteiger partial charge in [-0.2, -0.15) is 0 Å². The third kappa shape index (κ3) is 3.35. The van der Waals surface area contributed by atoms with Gasteiger partial charge in [-0.15, -0.1) is 0 Å². The average Bonchev–Trinajstić information content (AvgIpc) is 3.34. The van der Waals surface area contributed by atoms with Crippen molar-refractivity contribution >= 4 is 28.7 Å². The smallest absolute Gasteiger partial charge is 0.312 e. The maximum Gasteiger partial charge on any atom is 0.312 e. The van der Waals surface area contributed by atoms with Crippen LogP contribution in [0.4, 0.5) is 0 Å². The molecule has 6 rings (SSSR count). The number of aryl methyl sites for hydroxylation is 1. The molecule has 2 aliphatic heterocycles. The van der Waals surface area contributed by atoms with Gasteiger partial charge in [0, 0.05) is 41.2 Å². The van der Waals surface area contributed by atoms with E-state index in [0.717, 1.165) is 27.8 Å². The van der Waals surface area contributed by atoms with Gasteiger partial charge in [-0.25, -0.2) is 0 Å². The highest BCUT2D eigenvalue weighted by molar-refractivity contribution is 6.15. The molecule has 0 spiro atoms. The predicted octanol–water partition coefficient (Wildman–Crippen LogP) is 4.95. The van der Waals surface area contributed by atoms with Crippen LogP contribution in [0.2, 0.25) is 0 Å². The minimum Gasteiger partial charge on any atom is -0.508 e. The van der Waals surface area contributed by atoms with Crippen molar-refractivity contribution in [2.75, 3.05) is 7.11 Å². The summed E-state index contributed by atoms with van der Waals surface area (Å²) < 4.78 is 19.0. The van der Waals surface area contributed by atoms with E-state index < -0.39 is 5.92 Å². The van der Waals surface area contributed by atoms with E-state index >= 15 is 0 Å². The Kier molecular flexibility index (Phi) is 4.67. The zero-order valence-corrected chi connectivity index (χ0v) is 19.1. The minimum atomic E-state index is -0.415. The fraction of sp³-hybridized carbons (Fsp3) is 0.143. The number of Topliss-reactive ketones (excluding diaryl/α,β-unsaturated/α-hetero) is 1. The van der Waals surface area contributed by atoms with Crippen LogP contribution in [-0.2, 0) is 11.8 Å². The summed E-state index contributed by atoms with van der Waals surface area (Å²) in [4.78, 5) is 25.7. The number of aromatic nitrogens is 1. The topological polar surface area (TPSA) is 87.0 Å². The lowest BCUT2D eigenvalue weighted by molar-refractivity contribution is -0.135. The monoisotopic (exact) mass is 467 g/mol. The highest BCUT2D eigenvalue weighted by Crippen LogP contribution is 2.49. The molecule has 174 valence electrons. The first-order chi connectivity index (χ1) is 16.9. The van der Waals surface area contributed by atoms with Gasteiger partial charge in [0.1, 0.15) is 23.0 Å². The lowest BCUT2D eigenvalue weighted by Crippen LogP contribution is -2.21. The first kappa shape index (κ1) is 21.0. The molecule has 7 nitrogen and oxygen atoms in total. The maximum atomic E-state index is 13.3. The van der Waals surface area contributed by atoms with Gasteiger partial charge in [0.25, 0.3) is 0 Å². The molecule has 3 aromatic carbocycles. The summed E-state index contributed by atoms with van der Waals surface area (Å²) >= 11 is 0. The minimum absolute atomic E-state index is 0.0760. The SMILES string of the molecule is COc1ccc2c(c1)c(/C=C1\Oc3c(ccc4c3[C@@H](c3cccc(O)c3)CC(=O)O4)C1=O)cn2C. The van der Waals surface area contributed by atoms with Crippen LogP contribution in [-0.4, -0.2) is 28.5 Å². The van der Waals surface area contributed by atoms with E-state index in [4.69, 9.17) is 14.2 Å². The molecular weight excluding hydrogens is 446 g/mol. The molecule has 0 fully saturated rings. The molecule has 0 amide bonds. The van der Waals surface area contributed by atoms with Gasteiger partial charge < -0.3 is 23.9 Å². The normalized spacial score (nSPS) is 17.8. The molecule has 2 aliphatic rings. The van der Waals surface area contributed by atoms with Gasteiger partial charge >= 0.3 is 5.97 Å². The number of ether oxygens (including phenoxy) is 3. The highest BCUT2D eigenvalue weighted by atomic mass is 16.5. The summed E-state index contributed by atoms with van der Waals surface area (Å²) in [6.45, 7) is 0. The third-order valence-corrected chi connectivity index (χ3v) is 6.57. The van der Waals surface area contributed by atoms with Crippen LogP contribution in [0.25, 0.3) is 17.0 Å². The summed E-state index contributed by atoms with van der Waals surface area (Å²) in [6, 6.07) is 15.8. The van der Waals surface area contributed by atoms with Crippen molar-refractivity contribution in [1.82, 2.24) is 4.57 Å². The number of phenols is 1. The van der Waals surface area contributed by atoms with Gasteiger partial charge in [-0.3, -0.25) is 9.59 Å². The van der Waals surface area contributed by atoms with E-state index in [2.05, 4.69) is 0 Å². The Morgan fingerprint density at radius 1 is 1.09 bits per heavy atom. The number of nitrogens with zero attached hydrogens (tertiary/aromatic N) is 1. The molecule has 1 aromatic heterocycles. The average molecular weight is 467 g/mol. The number of hydrogen-bond donors (Lipinski definition) is 1. The first-order valence-electron chi connectivity index (χ1n) is 11.2. The highest BCUT2D eigenvalue weighted by Gasteiger charge is 2.38. The zero-order valence-electron chi connectivity index (χ0n) is 19.1. The second-order valence-electron chi connectivity index (χ2n) is 8.70. The van der Waals surface area contributed by atoms with Crippen LogP contribution in [0.3, 0.4) is 0 Å². The second kappa shape index (κ2) is 7.77. The number of carbonyl (C=O) groups is 2. The molecule has 35 heavy (non-hydrogen) atoms. The van der Waals surface area contributed by atoms with E-state index in [-0.39, 0.29) is 29.7 Å². The Morgan fingerprint density at radius 3 is 2.74 bits per heavy atom. The molecule has 0 saturated carbocycles. The van der Waals surface area contributed by atoms with E-state index in [1.165, 1.54) is 0 Å². The number of phenolic OH excluding ortho intramolecular Hbond substituents is 1. The molecule has 1 atom stereocenters. The van der Waals surface area contributed by atoms with Crippen LogP contribution in [0, 0.1) is 0 Å². The molecule has 1 N–H and O–H groups in total. The molecular formula is C28H21NO6. The van der Waals surface area contributed by atoms with Crippen LogP contribution in [0.15, 0.2) is 66.6 Å². The van der Waals surface area contributed by atoms with E-state index in [0.29, 0.717) is 22.6 Å². The molecule has 0 saturated heterocycles. The van der Waals surface area contributed by atoms with Gasteiger partial charge in [0.15, 0.2) is 5.76 Å². The van der Waals surface area contributed by atoms with E-state index in [1.807, 2.05) is 42.1 Å². The Labute approximate surface area is 200 Å². The fourth-order valence-corrected chi connectivity index (χ4v) is 4.92. The summed E-state index contributed by atoms with van der Waals surface area (Å²) in [7, 11) is 3.55. The Bertz CT molecular complexity index is 1580. The Hall–Kier alpha value is -4.52. The number of esters is 1. The number of hydrogen-bond acceptors (Lipinski definition) is 6. The first-order valence-corrected chi connectivity index (χ1v) is 11.2. The summed E-state index contributed by atoms with van der Waals surface area (Å²) in [5.74, 6) is 0.715. The maximum absolute atomic E-state index is 13.3. The van der Waals surface area contributed by atoms with Gasteiger partial charge in [0.05, 0.1) is 19.1 Å². The molecule has 0 radical (unpaired) electrons. The number of allylic oxidation sites excluding steroid dienone is 1. The van der Waals surface area contributed by atoms with Gasteiger partial charge in [0.2, 0.25) is 5.78 Å². The second-order valence-corrected chi connectivity index (χ2v) is 8.70. The largest absolute Gasteiger partial charge is 0.508 e. The van der Waals surface area contributed by atoms with Crippen molar-refractivity contribution in [1.29, 1.82) is 0 Å². The number of ketones is 1. The van der Waals surface area contributed by atoms with E-state index in [1.54, 1.807) is 43.5 Å². The summed E-state index contributed by atoms with van der Waals surface area (Å²) in [5.41, 5.74) is 3.60. The number of methoxy groups -OCH3 is 1. The van der Waals surface area contributed by atoms with Crippen molar-refractivity contribution in [2.24, 2.45) is 7.05 Å². The number of fused-ring (bicyclic) bond motifs is 4. The quantitative estimate of drug-likeness (QED) is 0.261. The fourth-order valence-electron chi connectivity index (χ4n) is 4.92. The van der Waals surface area contributed by atoms with Crippen LogP contribution >= 0.6 is 0 Å². The van der Waals surface area contributed by atoms with Crippen molar-refractivity contribution in [3.63, 3.8) is 0 Å². The Morgan fingerprint density at radius 2 is 1.94 bits per heavy atom. The lowest BCUT2D eigenvalue weighted by Gasteiger charge is -2.26. The van der Waals surface area contributed by atoms with Crippen molar-refractivity contribution < 1.29 is 28.9 Å². The molecule has 7 heteroatoms. The molecule has 0 aliphatic carbocycles. The molecule has 4 aromatic rings. The van der Waals surface area contributed by atoms with Gasteiger partial charge in [-0.1, -0.05) is 12.1 Å². The van der Waals surface area contributed by atoms with E-state index in [9.17, 15) is 14.7 Å². The van der Waals surface area contributed by atoms with Crippen molar-refractivity contribution in [3.8, 4) is 23.0 Å².